The molecular weight excluding hydrogens is 611 g/mol. The molecule has 0 radical (unpaired) electrons. The fourth-order valence-corrected chi connectivity index (χ4v) is 13.1. The van der Waals surface area contributed by atoms with Gasteiger partial charge in [0, 0.05) is 23.8 Å². The maximum absolute atomic E-state index is 8.87. The lowest BCUT2D eigenvalue weighted by atomic mass is 9.77. The van der Waals surface area contributed by atoms with E-state index in [-0.39, 0.29) is 0 Å². The van der Waals surface area contributed by atoms with Gasteiger partial charge in [-0.25, -0.2) is 0 Å². The first kappa shape index (κ1) is 37.2. The molecule has 9 heteroatoms. The summed E-state index contributed by atoms with van der Waals surface area (Å²) in [5.41, 5.74) is 2.07. The summed E-state index contributed by atoms with van der Waals surface area (Å²) in [6.07, 6.45) is 4.05. The summed E-state index contributed by atoms with van der Waals surface area (Å²) in [5, 5.41) is 14.7. The minimum atomic E-state index is -1.17. The lowest BCUT2D eigenvalue weighted by Gasteiger charge is -2.32. The number of nitrogens with one attached hydrogen (secondary N) is 1. The standard InChI is InChI=1S/C33H63NO2Si6/c1-33(24-34,25-20-27(39(6)7)31(28(21-25)40(8)9)35-16-14-18-37(2)3)26-22-29(41(10)11)32(30(23-26)42(12)13)36-17-15-19-38(4)5/h20-24,34,37-42H,14-19H2,1-13H3. The Morgan fingerprint density at radius 2 is 0.857 bits per heavy atom. The van der Waals surface area contributed by atoms with Crippen LogP contribution in [0, 0.1) is 5.41 Å². The van der Waals surface area contributed by atoms with Crippen LogP contribution in [0.1, 0.15) is 30.9 Å². The van der Waals surface area contributed by atoms with Crippen molar-refractivity contribution in [3.63, 3.8) is 0 Å². The fourth-order valence-electron chi connectivity index (χ4n) is 5.66. The average molecular weight is 674 g/mol. The van der Waals surface area contributed by atoms with Crippen LogP contribution in [0.5, 0.6) is 11.5 Å². The van der Waals surface area contributed by atoms with E-state index in [0.29, 0.717) is 0 Å². The Hall–Kier alpha value is -0.989. The molecule has 3 nitrogen and oxygen atoms in total. The second kappa shape index (κ2) is 16.9. The highest BCUT2D eigenvalue weighted by Gasteiger charge is 2.32. The number of ether oxygens (including phenoxy) is 2. The molecule has 0 aromatic heterocycles. The summed E-state index contributed by atoms with van der Waals surface area (Å²) in [4.78, 5) is 0. The van der Waals surface area contributed by atoms with Crippen LogP contribution in [0.25, 0.3) is 0 Å². The van der Waals surface area contributed by atoms with Crippen molar-refractivity contribution in [2.75, 3.05) is 13.2 Å². The molecule has 0 aliphatic heterocycles. The number of benzene rings is 2. The molecule has 42 heavy (non-hydrogen) atoms. The third kappa shape index (κ3) is 9.76. The molecule has 0 heterocycles. The van der Waals surface area contributed by atoms with Crippen LogP contribution in [0.3, 0.4) is 0 Å². The first-order valence-corrected chi connectivity index (χ1v) is 34.6. The van der Waals surface area contributed by atoms with Crippen LogP contribution in [-0.2, 0) is 5.41 Å². The van der Waals surface area contributed by atoms with Gasteiger partial charge in [0.1, 0.15) is 11.5 Å². The predicted octanol–water partition coefficient (Wildman–Crippen LogP) is 4.93. The quantitative estimate of drug-likeness (QED) is 0.147. The van der Waals surface area contributed by atoms with Crippen molar-refractivity contribution in [2.24, 2.45) is 0 Å². The first-order valence-electron chi connectivity index (χ1n) is 16.8. The molecule has 1 N–H and O–H groups in total. The second-order valence-corrected chi connectivity index (χ2v) is 33.2. The Kier molecular flexibility index (Phi) is 15.0. The molecule has 0 aliphatic rings. The molecular formula is C33H63NO2Si6. The number of hydrogen-bond acceptors (Lipinski definition) is 3. The third-order valence-corrected chi connectivity index (χ3v) is 18.4. The highest BCUT2D eigenvalue weighted by molar-refractivity contribution is 6.76. The summed E-state index contributed by atoms with van der Waals surface area (Å²) in [6, 6.07) is 12.4. The Balaban J connectivity index is 2.70. The van der Waals surface area contributed by atoms with Crippen LogP contribution < -0.4 is 30.2 Å². The van der Waals surface area contributed by atoms with Crippen molar-refractivity contribution in [3.05, 3.63) is 35.4 Å². The van der Waals surface area contributed by atoms with Crippen LogP contribution in [-0.4, -0.2) is 72.2 Å². The first-order chi connectivity index (χ1) is 19.6. The van der Waals surface area contributed by atoms with Crippen molar-refractivity contribution < 1.29 is 9.47 Å². The van der Waals surface area contributed by atoms with Crippen molar-refractivity contribution in [3.8, 4) is 11.5 Å². The summed E-state index contributed by atoms with van der Waals surface area (Å²) in [7, 11) is -5.80. The average Bonchev–Trinajstić information content (AvgIpc) is 2.91. The Morgan fingerprint density at radius 3 is 1.07 bits per heavy atom. The van der Waals surface area contributed by atoms with E-state index >= 15 is 0 Å². The molecule has 0 saturated heterocycles. The maximum Gasteiger partial charge on any atom is 0.117 e. The Bertz CT molecular complexity index is 1020. The van der Waals surface area contributed by atoms with E-state index in [1.165, 1.54) is 68.3 Å². The zero-order valence-corrected chi connectivity index (χ0v) is 36.3. The maximum atomic E-state index is 8.87. The van der Waals surface area contributed by atoms with Gasteiger partial charge in [0.2, 0.25) is 0 Å². The van der Waals surface area contributed by atoms with E-state index in [1.807, 2.05) is 0 Å². The van der Waals surface area contributed by atoms with E-state index in [9.17, 15) is 0 Å². The Morgan fingerprint density at radius 1 is 0.571 bits per heavy atom. The van der Waals surface area contributed by atoms with Crippen molar-refractivity contribution in [1.29, 1.82) is 5.41 Å². The molecule has 0 spiro atoms. The molecule has 0 atom stereocenters. The zero-order valence-electron chi connectivity index (χ0n) is 29.4. The van der Waals surface area contributed by atoms with E-state index in [4.69, 9.17) is 14.9 Å². The van der Waals surface area contributed by atoms with Gasteiger partial charge in [-0.3, -0.25) is 0 Å². The lowest BCUT2D eigenvalue weighted by Crippen LogP contribution is -2.41. The van der Waals surface area contributed by atoms with Gasteiger partial charge in [-0.15, -0.1) is 0 Å². The molecule has 236 valence electrons. The number of rotatable bonds is 17. The van der Waals surface area contributed by atoms with Gasteiger partial charge in [-0.05, 0) is 51.6 Å². The summed E-state index contributed by atoms with van der Waals surface area (Å²) in [6.45, 7) is 33.1. The van der Waals surface area contributed by atoms with Crippen LogP contribution >= 0.6 is 0 Å². The van der Waals surface area contributed by atoms with Gasteiger partial charge in [0.25, 0.3) is 0 Å². The van der Waals surface area contributed by atoms with Gasteiger partial charge in [-0.1, -0.05) is 115 Å². The van der Waals surface area contributed by atoms with Crippen LogP contribution in [0.4, 0.5) is 0 Å². The van der Waals surface area contributed by atoms with Crippen molar-refractivity contribution in [2.45, 2.75) is 116 Å². The predicted molar refractivity (Wildman–Crippen MR) is 210 cm³/mol. The topological polar surface area (TPSA) is 42.3 Å². The summed E-state index contributed by atoms with van der Waals surface area (Å²) in [5.74, 6) is 2.41. The summed E-state index contributed by atoms with van der Waals surface area (Å²) >= 11 is 0. The monoisotopic (exact) mass is 673 g/mol. The largest absolute Gasteiger partial charge is 0.494 e. The van der Waals surface area contributed by atoms with Crippen LogP contribution in [0.15, 0.2) is 24.3 Å². The summed E-state index contributed by atoms with van der Waals surface area (Å²) < 4.78 is 13.3. The molecule has 0 amide bonds. The smallest absolute Gasteiger partial charge is 0.117 e. The molecule has 0 unspecified atom stereocenters. The van der Waals surface area contributed by atoms with E-state index in [0.717, 1.165) is 13.2 Å². The highest BCUT2D eigenvalue weighted by atomic mass is 28.3. The fraction of sp³-hybridized carbons (Fsp3) is 0.606. The van der Waals surface area contributed by atoms with Gasteiger partial charge in [0.05, 0.1) is 53.8 Å². The molecule has 2 aromatic rings. The van der Waals surface area contributed by atoms with E-state index < -0.39 is 58.2 Å². The van der Waals surface area contributed by atoms with E-state index in [2.05, 4.69) is 110 Å². The van der Waals surface area contributed by atoms with Crippen LogP contribution in [0.2, 0.25) is 90.7 Å². The molecule has 0 fully saturated rings. The second-order valence-electron chi connectivity index (χ2n) is 14.7. The SMILES string of the molecule is C[SiH](C)CCCOc1c([SiH](C)C)cc(C(C)(C=N)c2cc([SiH](C)C)c(OCCC[SiH](C)C)c([SiH](C)C)c2)cc1[SiH](C)C. The molecule has 2 rings (SSSR count). The Labute approximate surface area is 269 Å². The lowest BCUT2D eigenvalue weighted by molar-refractivity contribution is 0.321. The van der Waals surface area contributed by atoms with E-state index in [1.54, 1.807) is 6.21 Å². The van der Waals surface area contributed by atoms with Gasteiger partial charge in [-0.2, -0.15) is 0 Å². The normalized spacial score (nSPS) is 12.5. The van der Waals surface area contributed by atoms with Gasteiger partial charge < -0.3 is 14.9 Å². The highest BCUT2D eigenvalue weighted by Crippen LogP contribution is 2.32. The molecule has 2 aromatic carbocycles. The van der Waals surface area contributed by atoms with Gasteiger partial charge >= 0.3 is 0 Å². The zero-order chi connectivity index (χ0) is 31.8. The third-order valence-electron chi connectivity index (χ3n) is 8.61. The van der Waals surface area contributed by atoms with Gasteiger partial charge in [0.15, 0.2) is 0 Å². The minimum Gasteiger partial charge on any atom is -0.494 e. The molecule has 0 saturated carbocycles. The minimum absolute atomic E-state index is 0.476. The number of hydrogen-bond donors (Lipinski definition) is 1. The molecule has 0 aliphatic carbocycles. The van der Waals surface area contributed by atoms with Crippen molar-refractivity contribution >= 4 is 79.7 Å². The van der Waals surface area contributed by atoms with Crippen molar-refractivity contribution in [1.82, 2.24) is 0 Å². The molecule has 0 bridgehead atoms.